The van der Waals surface area contributed by atoms with E-state index in [2.05, 4.69) is 18.6 Å². The van der Waals surface area contributed by atoms with E-state index in [1.54, 1.807) is 24.3 Å². The summed E-state index contributed by atoms with van der Waals surface area (Å²) in [5.41, 5.74) is 1.42. The molecule has 0 saturated carbocycles. The van der Waals surface area contributed by atoms with Crippen molar-refractivity contribution >= 4 is 10.0 Å². The fourth-order valence-electron chi connectivity index (χ4n) is 2.03. The first-order valence-electron chi connectivity index (χ1n) is 7.01. The molecule has 0 heterocycles. The molecule has 0 spiro atoms. The Labute approximate surface area is 122 Å². The van der Waals surface area contributed by atoms with Crippen molar-refractivity contribution in [3.8, 4) is 0 Å². The number of benzene rings is 1. The number of aliphatic hydroxyl groups excluding tert-OH is 1. The zero-order valence-corrected chi connectivity index (χ0v) is 13.3. The molecule has 0 fully saturated rings. The van der Waals surface area contributed by atoms with Crippen LogP contribution in [-0.4, -0.2) is 19.6 Å². The van der Waals surface area contributed by atoms with Crippen LogP contribution in [0.25, 0.3) is 0 Å². The van der Waals surface area contributed by atoms with Gasteiger partial charge >= 0.3 is 0 Å². The summed E-state index contributed by atoms with van der Waals surface area (Å²) in [6, 6.07) is 6.96. The van der Waals surface area contributed by atoms with Crippen molar-refractivity contribution in [2.75, 3.05) is 0 Å². The average Bonchev–Trinajstić information content (AvgIpc) is 2.35. The van der Waals surface area contributed by atoms with E-state index < -0.39 is 10.0 Å². The quantitative estimate of drug-likeness (QED) is 0.774. The van der Waals surface area contributed by atoms with Gasteiger partial charge in [-0.3, -0.25) is 0 Å². The van der Waals surface area contributed by atoms with Crippen LogP contribution in [0.3, 0.4) is 0 Å². The molecule has 1 aromatic rings. The minimum absolute atomic E-state index is 0.0488. The molecule has 20 heavy (non-hydrogen) atoms. The van der Waals surface area contributed by atoms with E-state index in [0.29, 0.717) is 11.5 Å². The molecule has 1 rings (SSSR count). The van der Waals surface area contributed by atoms with Gasteiger partial charge in [0.05, 0.1) is 12.4 Å². The minimum Gasteiger partial charge on any atom is -0.392 e. The van der Waals surface area contributed by atoms with Crippen molar-refractivity contribution in [2.45, 2.75) is 52.0 Å². The van der Waals surface area contributed by atoms with E-state index in [-0.39, 0.29) is 18.4 Å². The molecule has 0 aliphatic rings. The summed E-state index contributed by atoms with van der Waals surface area (Å²) < 4.78 is 26.9. The standard InChI is InChI=1S/C15H25NO3S/c1-12(2)7-8-13(3)16-20(18,19)11-15-6-4-5-14(9-15)10-17/h4-6,9,12-13,16-17H,7-8,10-11H2,1-3H3. The molecule has 0 radical (unpaired) electrons. The molecular weight excluding hydrogens is 274 g/mol. The molecule has 2 N–H and O–H groups in total. The molecule has 0 saturated heterocycles. The second kappa shape index (κ2) is 7.76. The van der Waals surface area contributed by atoms with Gasteiger partial charge in [-0.05, 0) is 36.8 Å². The molecular formula is C15H25NO3S. The van der Waals surface area contributed by atoms with E-state index in [9.17, 15) is 8.42 Å². The van der Waals surface area contributed by atoms with Crippen LogP contribution in [0.15, 0.2) is 24.3 Å². The number of aliphatic hydroxyl groups is 1. The molecule has 4 nitrogen and oxygen atoms in total. The summed E-state index contributed by atoms with van der Waals surface area (Å²) in [5, 5.41) is 9.06. The molecule has 0 bridgehead atoms. The lowest BCUT2D eigenvalue weighted by Gasteiger charge is -2.15. The average molecular weight is 299 g/mol. The summed E-state index contributed by atoms with van der Waals surface area (Å²) in [7, 11) is -3.34. The lowest BCUT2D eigenvalue weighted by molar-refractivity contribution is 0.282. The Morgan fingerprint density at radius 3 is 2.40 bits per heavy atom. The van der Waals surface area contributed by atoms with Crippen LogP contribution in [0.5, 0.6) is 0 Å². The molecule has 114 valence electrons. The highest BCUT2D eigenvalue weighted by atomic mass is 32.2. The Balaban J connectivity index is 2.60. The Morgan fingerprint density at radius 1 is 1.15 bits per heavy atom. The fraction of sp³-hybridized carbons (Fsp3) is 0.600. The van der Waals surface area contributed by atoms with Gasteiger partial charge in [-0.25, -0.2) is 13.1 Å². The van der Waals surface area contributed by atoms with Crippen LogP contribution < -0.4 is 4.72 Å². The molecule has 1 aromatic carbocycles. The fourth-order valence-corrected chi connectivity index (χ4v) is 3.46. The Morgan fingerprint density at radius 2 is 1.80 bits per heavy atom. The van der Waals surface area contributed by atoms with Crippen molar-refractivity contribution in [1.29, 1.82) is 0 Å². The predicted octanol–water partition coefficient (Wildman–Crippen LogP) is 2.42. The zero-order chi connectivity index (χ0) is 15.2. The third-order valence-electron chi connectivity index (χ3n) is 3.09. The number of rotatable bonds is 8. The van der Waals surface area contributed by atoms with Crippen molar-refractivity contribution in [3.63, 3.8) is 0 Å². The van der Waals surface area contributed by atoms with Crippen molar-refractivity contribution in [3.05, 3.63) is 35.4 Å². The highest BCUT2D eigenvalue weighted by Gasteiger charge is 2.15. The molecule has 0 amide bonds. The van der Waals surface area contributed by atoms with E-state index in [4.69, 9.17) is 5.11 Å². The number of hydrogen-bond acceptors (Lipinski definition) is 3. The first kappa shape index (κ1) is 17.1. The van der Waals surface area contributed by atoms with Crippen LogP contribution in [0, 0.1) is 5.92 Å². The van der Waals surface area contributed by atoms with Gasteiger partial charge < -0.3 is 5.11 Å². The van der Waals surface area contributed by atoms with Crippen LogP contribution in [0.1, 0.15) is 44.7 Å². The Kier molecular flexibility index (Phi) is 6.65. The predicted molar refractivity (Wildman–Crippen MR) is 81.7 cm³/mol. The summed E-state index contributed by atoms with van der Waals surface area (Å²) in [4.78, 5) is 0. The monoisotopic (exact) mass is 299 g/mol. The van der Waals surface area contributed by atoms with Gasteiger partial charge in [0.1, 0.15) is 0 Å². The second-order valence-corrected chi connectivity index (χ2v) is 7.48. The highest BCUT2D eigenvalue weighted by Crippen LogP contribution is 2.11. The van der Waals surface area contributed by atoms with Crippen LogP contribution in [0.2, 0.25) is 0 Å². The zero-order valence-electron chi connectivity index (χ0n) is 12.5. The van der Waals surface area contributed by atoms with Gasteiger partial charge in [-0.1, -0.05) is 38.1 Å². The maximum absolute atomic E-state index is 12.1. The molecule has 1 unspecified atom stereocenters. The first-order chi connectivity index (χ1) is 9.32. The van der Waals surface area contributed by atoms with Crippen molar-refractivity contribution in [2.24, 2.45) is 5.92 Å². The highest BCUT2D eigenvalue weighted by molar-refractivity contribution is 7.88. The molecule has 1 atom stereocenters. The van der Waals surface area contributed by atoms with Crippen molar-refractivity contribution in [1.82, 2.24) is 4.72 Å². The number of hydrogen-bond donors (Lipinski definition) is 2. The van der Waals surface area contributed by atoms with E-state index in [1.807, 2.05) is 6.92 Å². The van der Waals surface area contributed by atoms with E-state index in [0.717, 1.165) is 18.4 Å². The lowest BCUT2D eigenvalue weighted by atomic mass is 10.1. The van der Waals surface area contributed by atoms with Gasteiger partial charge in [-0.2, -0.15) is 0 Å². The summed E-state index contributed by atoms with van der Waals surface area (Å²) in [6.07, 6.45) is 1.84. The van der Waals surface area contributed by atoms with Gasteiger partial charge in [0, 0.05) is 6.04 Å². The Bertz CT molecular complexity index is 512. The summed E-state index contributed by atoms with van der Waals surface area (Å²) in [5.74, 6) is 0.524. The Hall–Kier alpha value is -0.910. The lowest BCUT2D eigenvalue weighted by Crippen LogP contribution is -2.33. The molecule has 0 aliphatic heterocycles. The first-order valence-corrected chi connectivity index (χ1v) is 8.66. The number of sulfonamides is 1. The van der Waals surface area contributed by atoms with E-state index >= 15 is 0 Å². The van der Waals surface area contributed by atoms with Crippen LogP contribution >= 0.6 is 0 Å². The second-order valence-electron chi connectivity index (χ2n) is 5.73. The van der Waals surface area contributed by atoms with Gasteiger partial charge in [0.25, 0.3) is 0 Å². The van der Waals surface area contributed by atoms with E-state index in [1.165, 1.54) is 0 Å². The maximum atomic E-state index is 12.1. The SMILES string of the molecule is CC(C)CCC(C)NS(=O)(=O)Cc1cccc(CO)c1. The summed E-state index contributed by atoms with van der Waals surface area (Å²) in [6.45, 7) is 6.07. The van der Waals surface area contributed by atoms with Crippen molar-refractivity contribution < 1.29 is 13.5 Å². The normalized spacial score (nSPS) is 13.7. The third kappa shape index (κ3) is 6.50. The molecule has 5 heteroatoms. The largest absolute Gasteiger partial charge is 0.392 e. The van der Waals surface area contributed by atoms with Gasteiger partial charge in [0.15, 0.2) is 0 Å². The number of nitrogens with one attached hydrogen (secondary N) is 1. The molecule has 0 aromatic heterocycles. The van der Waals surface area contributed by atoms with Crippen LogP contribution in [-0.2, 0) is 22.4 Å². The topological polar surface area (TPSA) is 66.4 Å². The third-order valence-corrected chi connectivity index (χ3v) is 4.56. The van der Waals surface area contributed by atoms with Gasteiger partial charge in [0.2, 0.25) is 10.0 Å². The molecule has 0 aliphatic carbocycles. The maximum Gasteiger partial charge on any atom is 0.216 e. The van der Waals surface area contributed by atoms with Crippen LogP contribution in [0.4, 0.5) is 0 Å². The summed E-state index contributed by atoms with van der Waals surface area (Å²) >= 11 is 0. The smallest absolute Gasteiger partial charge is 0.216 e. The van der Waals surface area contributed by atoms with Gasteiger partial charge in [-0.15, -0.1) is 0 Å². The minimum atomic E-state index is -3.34.